The standard InChI is InChI=1S/C11H13Cl2NO/c1-7(2)11(15)14-6-8-3-4-9(12)10(13)5-8/h3-5,7H,6H2,1-2H3,(H,14,15). The van der Waals surface area contributed by atoms with E-state index in [1.807, 2.05) is 19.9 Å². The van der Waals surface area contributed by atoms with Gasteiger partial charge in [0.15, 0.2) is 0 Å². The Hall–Kier alpha value is -0.730. The molecule has 0 radical (unpaired) electrons. The Kier molecular flexibility index (Phi) is 4.43. The molecule has 0 unspecified atom stereocenters. The van der Waals surface area contributed by atoms with E-state index < -0.39 is 0 Å². The van der Waals surface area contributed by atoms with E-state index in [-0.39, 0.29) is 11.8 Å². The van der Waals surface area contributed by atoms with Crippen LogP contribution >= 0.6 is 23.2 Å². The third kappa shape index (κ3) is 3.73. The van der Waals surface area contributed by atoms with Gasteiger partial charge in [-0.3, -0.25) is 4.79 Å². The minimum atomic E-state index is -0.00669. The van der Waals surface area contributed by atoms with Crippen molar-refractivity contribution in [2.24, 2.45) is 5.92 Å². The maximum absolute atomic E-state index is 11.3. The Morgan fingerprint density at radius 3 is 2.53 bits per heavy atom. The first-order valence-corrected chi connectivity index (χ1v) is 5.48. The molecule has 0 aliphatic heterocycles. The summed E-state index contributed by atoms with van der Waals surface area (Å²) >= 11 is 11.6. The van der Waals surface area contributed by atoms with Gasteiger partial charge in [0, 0.05) is 12.5 Å². The Morgan fingerprint density at radius 2 is 2.00 bits per heavy atom. The van der Waals surface area contributed by atoms with Crippen LogP contribution in [0.5, 0.6) is 0 Å². The Balaban J connectivity index is 2.58. The van der Waals surface area contributed by atoms with Crippen LogP contribution in [0.1, 0.15) is 19.4 Å². The second-order valence-electron chi connectivity index (χ2n) is 3.62. The van der Waals surface area contributed by atoms with E-state index in [4.69, 9.17) is 23.2 Å². The maximum Gasteiger partial charge on any atom is 0.222 e. The third-order valence-electron chi connectivity index (χ3n) is 1.98. The zero-order valence-electron chi connectivity index (χ0n) is 8.68. The number of carbonyl (C=O) groups excluding carboxylic acids is 1. The lowest BCUT2D eigenvalue weighted by atomic mass is 10.2. The number of benzene rings is 1. The van der Waals surface area contributed by atoms with E-state index in [1.165, 1.54) is 0 Å². The molecule has 0 aliphatic rings. The first-order chi connectivity index (χ1) is 7.00. The van der Waals surface area contributed by atoms with Gasteiger partial charge in [-0.1, -0.05) is 43.1 Å². The fourth-order valence-electron chi connectivity index (χ4n) is 1.04. The van der Waals surface area contributed by atoms with Gasteiger partial charge in [0.05, 0.1) is 10.0 Å². The lowest BCUT2D eigenvalue weighted by molar-refractivity contribution is -0.124. The van der Waals surface area contributed by atoms with Gasteiger partial charge in [0.1, 0.15) is 0 Å². The molecule has 0 saturated carbocycles. The van der Waals surface area contributed by atoms with Crippen molar-refractivity contribution >= 4 is 29.1 Å². The number of hydrogen-bond donors (Lipinski definition) is 1. The highest BCUT2D eigenvalue weighted by Crippen LogP contribution is 2.22. The third-order valence-corrected chi connectivity index (χ3v) is 2.71. The molecule has 0 aliphatic carbocycles. The van der Waals surface area contributed by atoms with Gasteiger partial charge in [-0.2, -0.15) is 0 Å². The summed E-state index contributed by atoms with van der Waals surface area (Å²) in [5.74, 6) is 0.0221. The predicted molar refractivity (Wildman–Crippen MR) is 63.1 cm³/mol. The number of hydrogen-bond acceptors (Lipinski definition) is 1. The van der Waals surface area contributed by atoms with E-state index >= 15 is 0 Å². The smallest absolute Gasteiger partial charge is 0.222 e. The van der Waals surface area contributed by atoms with Crippen molar-refractivity contribution in [3.05, 3.63) is 33.8 Å². The monoisotopic (exact) mass is 245 g/mol. The average Bonchev–Trinajstić information content (AvgIpc) is 2.19. The number of carbonyl (C=O) groups is 1. The molecular formula is C11H13Cl2NO. The van der Waals surface area contributed by atoms with Gasteiger partial charge in [0.25, 0.3) is 0 Å². The first kappa shape index (κ1) is 12.3. The summed E-state index contributed by atoms with van der Waals surface area (Å²) in [6.45, 7) is 4.18. The summed E-state index contributed by atoms with van der Waals surface area (Å²) in [4.78, 5) is 11.3. The molecule has 82 valence electrons. The minimum Gasteiger partial charge on any atom is -0.352 e. The lowest BCUT2D eigenvalue weighted by Gasteiger charge is -2.08. The van der Waals surface area contributed by atoms with Crippen molar-refractivity contribution in [2.45, 2.75) is 20.4 Å². The SMILES string of the molecule is CC(C)C(=O)NCc1ccc(Cl)c(Cl)c1. The largest absolute Gasteiger partial charge is 0.352 e. The van der Waals surface area contributed by atoms with Crippen LogP contribution in [0.2, 0.25) is 10.0 Å². The molecule has 0 fully saturated rings. The Labute approximate surface area is 99.6 Å². The fourth-order valence-corrected chi connectivity index (χ4v) is 1.36. The molecule has 0 heterocycles. The van der Waals surface area contributed by atoms with Gasteiger partial charge in [-0.25, -0.2) is 0 Å². The summed E-state index contributed by atoms with van der Waals surface area (Å²) < 4.78 is 0. The van der Waals surface area contributed by atoms with E-state index in [9.17, 15) is 4.79 Å². The molecule has 15 heavy (non-hydrogen) atoms. The number of rotatable bonds is 3. The minimum absolute atomic E-state index is 0.00669. The van der Waals surface area contributed by atoms with Crippen molar-refractivity contribution in [1.29, 1.82) is 0 Å². The van der Waals surface area contributed by atoms with Crippen molar-refractivity contribution in [3.63, 3.8) is 0 Å². The molecule has 1 rings (SSSR count). The summed E-state index contributed by atoms with van der Waals surface area (Å²) in [6, 6.07) is 5.32. The molecule has 0 atom stereocenters. The number of halogens is 2. The lowest BCUT2D eigenvalue weighted by Crippen LogP contribution is -2.27. The first-order valence-electron chi connectivity index (χ1n) is 4.72. The van der Waals surface area contributed by atoms with Crippen LogP contribution in [-0.2, 0) is 11.3 Å². The molecule has 0 aromatic heterocycles. The maximum atomic E-state index is 11.3. The van der Waals surface area contributed by atoms with Gasteiger partial charge in [0.2, 0.25) is 5.91 Å². The number of amides is 1. The summed E-state index contributed by atoms with van der Waals surface area (Å²) in [5.41, 5.74) is 0.943. The Bertz CT molecular complexity index is 364. The van der Waals surface area contributed by atoms with Crippen molar-refractivity contribution in [3.8, 4) is 0 Å². The molecule has 2 nitrogen and oxygen atoms in total. The van der Waals surface area contributed by atoms with Crippen molar-refractivity contribution < 1.29 is 4.79 Å². The molecular weight excluding hydrogens is 233 g/mol. The van der Waals surface area contributed by atoms with Crippen molar-refractivity contribution in [1.82, 2.24) is 5.32 Å². The van der Waals surface area contributed by atoms with Gasteiger partial charge >= 0.3 is 0 Å². The highest BCUT2D eigenvalue weighted by atomic mass is 35.5. The van der Waals surface area contributed by atoms with Crippen LogP contribution in [0.15, 0.2) is 18.2 Å². The number of nitrogens with one attached hydrogen (secondary N) is 1. The Morgan fingerprint density at radius 1 is 1.33 bits per heavy atom. The van der Waals surface area contributed by atoms with E-state index in [1.54, 1.807) is 12.1 Å². The zero-order chi connectivity index (χ0) is 11.4. The van der Waals surface area contributed by atoms with Crippen LogP contribution in [-0.4, -0.2) is 5.91 Å². The molecule has 4 heteroatoms. The molecule has 0 spiro atoms. The molecule has 1 aromatic rings. The zero-order valence-corrected chi connectivity index (χ0v) is 10.2. The molecule has 1 N–H and O–H groups in total. The topological polar surface area (TPSA) is 29.1 Å². The van der Waals surface area contributed by atoms with Crippen LogP contribution in [0, 0.1) is 5.92 Å². The van der Waals surface area contributed by atoms with E-state index in [0.717, 1.165) is 5.56 Å². The van der Waals surface area contributed by atoms with Gasteiger partial charge in [-0.15, -0.1) is 0 Å². The fraction of sp³-hybridized carbons (Fsp3) is 0.364. The second-order valence-corrected chi connectivity index (χ2v) is 4.44. The summed E-state index contributed by atoms with van der Waals surface area (Å²) in [7, 11) is 0. The molecule has 1 amide bonds. The second kappa shape index (κ2) is 5.38. The van der Waals surface area contributed by atoms with Crippen molar-refractivity contribution in [2.75, 3.05) is 0 Å². The molecule has 0 bridgehead atoms. The van der Waals surface area contributed by atoms with Crippen LogP contribution in [0.4, 0.5) is 0 Å². The quantitative estimate of drug-likeness (QED) is 0.871. The predicted octanol–water partition coefficient (Wildman–Crippen LogP) is 3.27. The highest BCUT2D eigenvalue weighted by molar-refractivity contribution is 6.42. The normalized spacial score (nSPS) is 10.5. The van der Waals surface area contributed by atoms with Crippen LogP contribution in [0.25, 0.3) is 0 Å². The van der Waals surface area contributed by atoms with E-state index in [0.29, 0.717) is 16.6 Å². The summed E-state index contributed by atoms with van der Waals surface area (Å²) in [5, 5.41) is 3.84. The average molecular weight is 246 g/mol. The summed E-state index contributed by atoms with van der Waals surface area (Å²) in [6.07, 6.45) is 0. The van der Waals surface area contributed by atoms with Gasteiger partial charge in [-0.05, 0) is 17.7 Å². The van der Waals surface area contributed by atoms with Crippen LogP contribution < -0.4 is 5.32 Å². The molecule has 0 saturated heterocycles. The highest BCUT2D eigenvalue weighted by Gasteiger charge is 2.06. The van der Waals surface area contributed by atoms with Gasteiger partial charge < -0.3 is 5.32 Å². The molecule has 1 aromatic carbocycles. The van der Waals surface area contributed by atoms with Crippen LogP contribution in [0.3, 0.4) is 0 Å². The van der Waals surface area contributed by atoms with E-state index in [2.05, 4.69) is 5.32 Å².